The van der Waals surface area contributed by atoms with E-state index in [1.54, 1.807) is 0 Å². The van der Waals surface area contributed by atoms with Crippen molar-refractivity contribution >= 4 is 11.8 Å². The van der Waals surface area contributed by atoms with Gasteiger partial charge in [0.25, 0.3) is 0 Å². The summed E-state index contributed by atoms with van der Waals surface area (Å²) in [6.45, 7) is 0.629. The molecular formula is C14H27N3O3. The number of amides is 2. The lowest BCUT2D eigenvalue weighted by atomic mass is 9.87. The van der Waals surface area contributed by atoms with Crippen molar-refractivity contribution in [3.05, 3.63) is 0 Å². The minimum atomic E-state index is -0.731. The molecule has 6 nitrogen and oxygen atoms in total. The second-order valence-corrected chi connectivity index (χ2v) is 5.58. The summed E-state index contributed by atoms with van der Waals surface area (Å²) in [5.41, 5.74) is 11.0. The topological polar surface area (TPSA) is 98.7 Å². The molecule has 1 saturated carbocycles. The van der Waals surface area contributed by atoms with E-state index in [0.717, 1.165) is 6.42 Å². The van der Waals surface area contributed by atoms with Crippen molar-refractivity contribution in [2.24, 2.45) is 17.4 Å². The van der Waals surface area contributed by atoms with E-state index in [1.165, 1.54) is 44.1 Å². The molecule has 0 aromatic carbocycles. The van der Waals surface area contributed by atoms with E-state index in [-0.39, 0.29) is 19.1 Å². The zero-order chi connectivity index (χ0) is 15.0. The fourth-order valence-corrected chi connectivity index (χ4v) is 2.75. The Kier molecular flexibility index (Phi) is 7.54. The average molecular weight is 285 g/mol. The Labute approximate surface area is 120 Å². The Morgan fingerprint density at radius 2 is 1.95 bits per heavy atom. The Balaban J connectivity index is 2.49. The fourth-order valence-electron chi connectivity index (χ4n) is 2.75. The molecule has 0 radical (unpaired) electrons. The zero-order valence-electron chi connectivity index (χ0n) is 12.3. The van der Waals surface area contributed by atoms with Crippen LogP contribution >= 0.6 is 0 Å². The molecule has 0 aromatic rings. The Morgan fingerprint density at radius 3 is 2.50 bits per heavy atom. The van der Waals surface area contributed by atoms with E-state index < -0.39 is 11.9 Å². The van der Waals surface area contributed by atoms with E-state index in [9.17, 15) is 9.59 Å². The van der Waals surface area contributed by atoms with Crippen LogP contribution < -0.4 is 11.5 Å². The van der Waals surface area contributed by atoms with Gasteiger partial charge in [-0.05, 0) is 12.3 Å². The summed E-state index contributed by atoms with van der Waals surface area (Å²) in [4.78, 5) is 24.7. The van der Waals surface area contributed by atoms with Crippen molar-refractivity contribution in [1.82, 2.24) is 4.90 Å². The van der Waals surface area contributed by atoms with Crippen LogP contribution in [0.3, 0.4) is 0 Å². The van der Waals surface area contributed by atoms with Gasteiger partial charge in [0.15, 0.2) is 0 Å². The number of rotatable bonds is 8. The lowest BCUT2D eigenvalue weighted by Gasteiger charge is -2.28. The number of hydrogen-bond donors (Lipinski definition) is 2. The van der Waals surface area contributed by atoms with Gasteiger partial charge in [0.1, 0.15) is 6.04 Å². The summed E-state index contributed by atoms with van der Waals surface area (Å²) in [5.74, 6) is -0.126. The molecule has 1 rings (SSSR count). The molecule has 4 N–H and O–H groups in total. The average Bonchev–Trinajstić information content (AvgIpc) is 2.43. The van der Waals surface area contributed by atoms with Gasteiger partial charge in [-0.25, -0.2) is 0 Å². The van der Waals surface area contributed by atoms with Gasteiger partial charge in [0.2, 0.25) is 11.8 Å². The SMILES string of the molecule is COCC(N)C(=O)N(CCC1CCCCC1)CC(N)=O. The number of nitrogens with two attached hydrogens (primary N) is 2. The summed E-state index contributed by atoms with van der Waals surface area (Å²) in [6.07, 6.45) is 7.17. The highest BCUT2D eigenvalue weighted by molar-refractivity contribution is 5.86. The molecule has 116 valence electrons. The molecule has 0 bridgehead atoms. The Morgan fingerprint density at radius 1 is 1.30 bits per heavy atom. The summed E-state index contributed by atoms with van der Waals surface area (Å²) in [5, 5.41) is 0. The molecule has 0 aliphatic heterocycles. The van der Waals surface area contributed by atoms with Crippen LogP contribution in [0.4, 0.5) is 0 Å². The molecule has 0 aromatic heterocycles. The van der Waals surface area contributed by atoms with Crippen molar-refractivity contribution in [3.8, 4) is 0 Å². The van der Waals surface area contributed by atoms with Crippen LogP contribution in [0.5, 0.6) is 0 Å². The molecule has 0 saturated heterocycles. The largest absolute Gasteiger partial charge is 0.383 e. The van der Waals surface area contributed by atoms with Gasteiger partial charge in [-0.2, -0.15) is 0 Å². The third-order valence-corrected chi connectivity index (χ3v) is 3.85. The lowest BCUT2D eigenvalue weighted by Crippen LogP contribution is -2.49. The standard InChI is InChI=1S/C14H27N3O3/c1-20-10-12(15)14(19)17(9-13(16)18)8-7-11-5-3-2-4-6-11/h11-12H,2-10,15H2,1H3,(H2,16,18). The maximum atomic E-state index is 12.2. The lowest BCUT2D eigenvalue weighted by molar-refractivity contribution is -0.137. The number of carbonyl (C=O) groups is 2. The van der Waals surface area contributed by atoms with E-state index in [4.69, 9.17) is 16.2 Å². The maximum absolute atomic E-state index is 12.2. The quantitative estimate of drug-likeness (QED) is 0.667. The van der Waals surface area contributed by atoms with Crippen LogP contribution in [-0.4, -0.2) is 49.6 Å². The second kappa shape index (κ2) is 8.92. The number of carbonyl (C=O) groups excluding carboxylic acids is 2. The van der Waals surface area contributed by atoms with Crippen LogP contribution in [0.1, 0.15) is 38.5 Å². The predicted molar refractivity (Wildman–Crippen MR) is 76.8 cm³/mol. The fraction of sp³-hybridized carbons (Fsp3) is 0.857. The van der Waals surface area contributed by atoms with Crippen LogP contribution in [0.2, 0.25) is 0 Å². The Hall–Kier alpha value is -1.14. The first-order valence-corrected chi connectivity index (χ1v) is 7.36. The van der Waals surface area contributed by atoms with Crippen LogP contribution in [0.15, 0.2) is 0 Å². The third-order valence-electron chi connectivity index (χ3n) is 3.85. The molecule has 1 aliphatic carbocycles. The van der Waals surface area contributed by atoms with Crippen molar-refractivity contribution in [1.29, 1.82) is 0 Å². The first-order valence-electron chi connectivity index (χ1n) is 7.36. The highest BCUT2D eigenvalue weighted by atomic mass is 16.5. The van der Waals surface area contributed by atoms with Crippen molar-refractivity contribution in [3.63, 3.8) is 0 Å². The van der Waals surface area contributed by atoms with E-state index in [0.29, 0.717) is 12.5 Å². The maximum Gasteiger partial charge on any atom is 0.242 e. The summed E-state index contributed by atoms with van der Waals surface area (Å²) in [7, 11) is 1.49. The van der Waals surface area contributed by atoms with Gasteiger partial charge in [0, 0.05) is 13.7 Å². The van der Waals surface area contributed by atoms with Gasteiger partial charge in [-0.1, -0.05) is 32.1 Å². The molecule has 20 heavy (non-hydrogen) atoms. The minimum Gasteiger partial charge on any atom is -0.383 e. The third kappa shape index (κ3) is 5.88. The summed E-state index contributed by atoms with van der Waals surface area (Å²) >= 11 is 0. The zero-order valence-corrected chi connectivity index (χ0v) is 12.3. The van der Waals surface area contributed by atoms with Crippen molar-refractivity contribution in [2.75, 3.05) is 26.8 Å². The number of hydrogen-bond acceptors (Lipinski definition) is 4. The predicted octanol–water partition coefficient (Wildman–Crippen LogP) is 0.244. The van der Waals surface area contributed by atoms with E-state index >= 15 is 0 Å². The van der Waals surface area contributed by atoms with Gasteiger partial charge < -0.3 is 21.1 Å². The summed E-state index contributed by atoms with van der Waals surface area (Å²) in [6, 6.07) is -0.731. The molecule has 0 heterocycles. The first kappa shape index (κ1) is 16.9. The molecule has 6 heteroatoms. The normalized spacial score (nSPS) is 17.7. The molecular weight excluding hydrogens is 258 g/mol. The smallest absolute Gasteiger partial charge is 0.242 e. The van der Waals surface area contributed by atoms with Gasteiger partial charge in [-0.15, -0.1) is 0 Å². The van der Waals surface area contributed by atoms with Crippen molar-refractivity contribution in [2.45, 2.75) is 44.6 Å². The van der Waals surface area contributed by atoms with Crippen LogP contribution in [0.25, 0.3) is 0 Å². The first-order chi connectivity index (χ1) is 9.54. The van der Waals surface area contributed by atoms with Gasteiger partial charge in [0.05, 0.1) is 13.2 Å². The van der Waals surface area contributed by atoms with Gasteiger partial charge in [-0.3, -0.25) is 9.59 Å². The number of ether oxygens (including phenoxy) is 1. The van der Waals surface area contributed by atoms with Gasteiger partial charge >= 0.3 is 0 Å². The van der Waals surface area contributed by atoms with E-state index in [2.05, 4.69) is 0 Å². The van der Waals surface area contributed by atoms with Crippen LogP contribution in [0, 0.1) is 5.92 Å². The number of methoxy groups -OCH3 is 1. The molecule has 1 aliphatic rings. The highest BCUT2D eigenvalue weighted by Gasteiger charge is 2.23. The molecule has 1 fully saturated rings. The molecule has 2 amide bonds. The van der Waals surface area contributed by atoms with Crippen molar-refractivity contribution < 1.29 is 14.3 Å². The number of primary amides is 1. The summed E-state index contributed by atoms with van der Waals surface area (Å²) < 4.78 is 4.89. The molecule has 0 spiro atoms. The molecule has 1 atom stereocenters. The minimum absolute atomic E-state index is 0.0665. The molecule has 1 unspecified atom stereocenters. The van der Waals surface area contributed by atoms with Crippen LogP contribution in [-0.2, 0) is 14.3 Å². The number of nitrogens with zero attached hydrogens (tertiary/aromatic N) is 1. The Bertz CT molecular complexity index is 317. The highest BCUT2D eigenvalue weighted by Crippen LogP contribution is 2.26. The monoisotopic (exact) mass is 285 g/mol. The second-order valence-electron chi connectivity index (χ2n) is 5.58. The van der Waals surface area contributed by atoms with E-state index in [1.807, 2.05) is 0 Å².